The lowest BCUT2D eigenvalue weighted by Crippen LogP contribution is -2.29. The van der Waals surface area contributed by atoms with Crippen LogP contribution < -0.4 is 10.6 Å². The van der Waals surface area contributed by atoms with Crippen molar-refractivity contribution in [3.63, 3.8) is 0 Å². The van der Waals surface area contributed by atoms with Crippen LogP contribution >= 0.6 is 11.6 Å². The fourth-order valence-electron chi connectivity index (χ4n) is 1.85. The Bertz CT molecular complexity index is 759. The SMILES string of the molecule is CCOC(=O)c1ccc(NC(=O)C(=O)Nc2cccc(Cl)c2)cc1. The summed E-state index contributed by atoms with van der Waals surface area (Å²) in [4.78, 5) is 35.3. The Morgan fingerprint density at radius 3 is 2.17 bits per heavy atom. The number of hydrogen-bond acceptors (Lipinski definition) is 4. The van der Waals surface area contributed by atoms with Crippen LogP contribution in [0.2, 0.25) is 5.02 Å². The standard InChI is InChI=1S/C17H15ClN2O4/c1-2-24-17(23)11-6-8-13(9-7-11)19-15(21)16(22)20-14-5-3-4-12(18)10-14/h3-10H,2H2,1H3,(H,19,21)(H,20,22). The molecule has 24 heavy (non-hydrogen) atoms. The number of nitrogens with one attached hydrogen (secondary N) is 2. The molecule has 0 atom stereocenters. The van der Waals surface area contributed by atoms with Gasteiger partial charge in [-0.25, -0.2) is 4.79 Å². The second kappa shape index (κ2) is 8.12. The number of benzene rings is 2. The molecule has 0 saturated carbocycles. The summed E-state index contributed by atoms with van der Waals surface area (Å²) in [5.41, 5.74) is 1.16. The number of amides is 2. The van der Waals surface area contributed by atoms with Crippen molar-refractivity contribution in [3.05, 3.63) is 59.1 Å². The zero-order valence-electron chi connectivity index (χ0n) is 12.8. The van der Waals surface area contributed by atoms with Gasteiger partial charge < -0.3 is 15.4 Å². The smallest absolute Gasteiger partial charge is 0.338 e. The molecule has 0 fully saturated rings. The molecule has 0 spiro atoms. The van der Waals surface area contributed by atoms with Crippen LogP contribution in [0.5, 0.6) is 0 Å². The van der Waals surface area contributed by atoms with E-state index in [1.165, 1.54) is 30.3 Å². The lowest BCUT2D eigenvalue weighted by molar-refractivity contribution is -0.132. The molecule has 0 radical (unpaired) electrons. The lowest BCUT2D eigenvalue weighted by atomic mass is 10.2. The van der Waals surface area contributed by atoms with Gasteiger partial charge >= 0.3 is 17.8 Å². The number of carbonyl (C=O) groups excluding carboxylic acids is 3. The normalized spacial score (nSPS) is 9.92. The van der Waals surface area contributed by atoms with E-state index in [2.05, 4.69) is 10.6 Å². The van der Waals surface area contributed by atoms with E-state index in [0.717, 1.165) is 0 Å². The number of carbonyl (C=O) groups is 3. The van der Waals surface area contributed by atoms with Crippen molar-refractivity contribution in [1.29, 1.82) is 0 Å². The molecule has 0 bridgehead atoms. The van der Waals surface area contributed by atoms with E-state index < -0.39 is 17.8 Å². The summed E-state index contributed by atoms with van der Waals surface area (Å²) < 4.78 is 4.86. The Morgan fingerprint density at radius 2 is 1.58 bits per heavy atom. The molecule has 0 heterocycles. The zero-order valence-corrected chi connectivity index (χ0v) is 13.6. The van der Waals surface area contributed by atoms with E-state index in [1.807, 2.05) is 0 Å². The predicted molar refractivity (Wildman–Crippen MR) is 91.1 cm³/mol. The molecule has 0 saturated heterocycles. The van der Waals surface area contributed by atoms with Gasteiger partial charge in [0.25, 0.3) is 0 Å². The number of halogens is 1. The molecule has 6 nitrogen and oxygen atoms in total. The second-order valence-corrected chi connectivity index (χ2v) is 5.15. The number of esters is 1. The molecular weight excluding hydrogens is 332 g/mol. The van der Waals surface area contributed by atoms with Gasteiger partial charge in [0.1, 0.15) is 0 Å². The van der Waals surface area contributed by atoms with Crippen LogP contribution in [-0.2, 0) is 14.3 Å². The third-order valence-corrected chi connectivity index (χ3v) is 3.18. The molecule has 2 amide bonds. The highest BCUT2D eigenvalue weighted by Gasteiger charge is 2.14. The summed E-state index contributed by atoms with van der Waals surface area (Å²) in [7, 11) is 0. The third kappa shape index (κ3) is 4.82. The average Bonchev–Trinajstić information content (AvgIpc) is 2.55. The van der Waals surface area contributed by atoms with Gasteiger partial charge in [-0.3, -0.25) is 9.59 Å². The lowest BCUT2D eigenvalue weighted by Gasteiger charge is -2.07. The Kier molecular flexibility index (Phi) is 5.92. The number of rotatable bonds is 4. The van der Waals surface area contributed by atoms with Crippen molar-refractivity contribution in [1.82, 2.24) is 0 Å². The van der Waals surface area contributed by atoms with Crippen LogP contribution in [0, 0.1) is 0 Å². The minimum atomic E-state index is -0.834. The minimum absolute atomic E-state index is 0.279. The van der Waals surface area contributed by atoms with Crippen LogP contribution in [0.15, 0.2) is 48.5 Å². The van der Waals surface area contributed by atoms with Crippen molar-refractivity contribution in [2.24, 2.45) is 0 Å². The average molecular weight is 347 g/mol. The Balaban J connectivity index is 1.96. The monoisotopic (exact) mass is 346 g/mol. The maximum atomic E-state index is 11.9. The van der Waals surface area contributed by atoms with E-state index >= 15 is 0 Å². The third-order valence-electron chi connectivity index (χ3n) is 2.94. The van der Waals surface area contributed by atoms with Crippen molar-refractivity contribution in [3.8, 4) is 0 Å². The van der Waals surface area contributed by atoms with E-state index in [0.29, 0.717) is 22.0 Å². The highest BCUT2D eigenvalue weighted by molar-refractivity contribution is 6.43. The molecule has 2 aromatic rings. The highest BCUT2D eigenvalue weighted by Crippen LogP contribution is 2.15. The van der Waals surface area contributed by atoms with Crippen LogP contribution in [-0.4, -0.2) is 24.4 Å². The summed E-state index contributed by atoms with van der Waals surface area (Å²) in [5, 5.41) is 5.33. The van der Waals surface area contributed by atoms with E-state index in [1.54, 1.807) is 25.1 Å². The van der Waals surface area contributed by atoms with Crippen LogP contribution in [0.4, 0.5) is 11.4 Å². The number of anilines is 2. The minimum Gasteiger partial charge on any atom is -0.462 e. The molecule has 0 aromatic heterocycles. The maximum Gasteiger partial charge on any atom is 0.338 e. The summed E-state index contributed by atoms with van der Waals surface area (Å²) in [6.45, 7) is 1.99. The van der Waals surface area contributed by atoms with Gasteiger partial charge in [-0.15, -0.1) is 0 Å². The Morgan fingerprint density at radius 1 is 0.958 bits per heavy atom. The number of ether oxygens (including phenoxy) is 1. The predicted octanol–water partition coefficient (Wildman–Crippen LogP) is 3.09. The zero-order chi connectivity index (χ0) is 17.5. The molecular formula is C17H15ClN2O4. The summed E-state index contributed by atoms with van der Waals surface area (Å²) in [6.07, 6.45) is 0. The van der Waals surface area contributed by atoms with Gasteiger partial charge in [-0.1, -0.05) is 17.7 Å². The Hall–Kier alpha value is -2.86. The Labute approximate surface area is 143 Å². The van der Waals surface area contributed by atoms with Crippen molar-refractivity contribution in [2.75, 3.05) is 17.2 Å². The van der Waals surface area contributed by atoms with Gasteiger partial charge in [0.2, 0.25) is 0 Å². The molecule has 7 heteroatoms. The van der Waals surface area contributed by atoms with E-state index in [-0.39, 0.29) is 6.61 Å². The van der Waals surface area contributed by atoms with Crippen molar-refractivity contribution < 1.29 is 19.1 Å². The highest BCUT2D eigenvalue weighted by atomic mass is 35.5. The molecule has 2 rings (SSSR count). The molecule has 2 aromatic carbocycles. The molecule has 0 aliphatic rings. The summed E-state index contributed by atoms with van der Waals surface area (Å²) in [5.74, 6) is -2.11. The first kappa shape index (κ1) is 17.5. The van der Waals surface area contributed by atoms with Crippen LogP contribution in [0.25, 0.3) is 0 Å². The second-order valence-electron chi connectivity index (χ2n) is 4.72. The van der Waals surface area contributed by atoms with E-state index in [9.17, 15) is 14.4 Å². The first-order chi connectivity index (χ1) is 11.5. The number of hydrogen-bond donors (Lipinski definition) is 2. The molecule has 0 aliphatic heterocycles. The molecule has 0 aliphatic carbocycles. The first-order valence-corrected chi connectivity index (χ1v) is 7.52. The van der Waals surface area contributed by atoms with Gasteiger partial charge in [0.15, 0.2) is 0 Å². The fraction of sp³-hybridized carbons (Fsp3) is 0.118. The summed E-state index contributed by atoms with van der Waals surface area (Å²) >= 11 is 5.81. The quantitative estimate of drug-likeness (QED) is 0.658. The van der Waals surface area contributed by atoms with Crippen LogP contribution in [0.3, 0.4) is 0 Å². The maximum absolute atomic E-state index is 11.9. The van der Waals surface area contributed by atoms with Gasteiger partial charge in [0, 0.05) is 16.4 Å². The van der Waals surface area contributed by atoms with Crippen molar-refractivity contribution in [2.45, 2.75) is 6.92 Å². The van der Waals surface area contributed by atoms with Gasteiger partial charge in [0.05, 0.1) is 12.2 Å². The first-order valence-electron chi connectivity index (χ1n) is 7.14. The van der Waals surface area contributed by atoms with Crippen molar-refractivity contribution >= 4 is 40.8 Å². The molecule has 0 unspecified atom stereocenters. The largest absolute Gasteiger partial charge is 0.462 e. The molecule has 124 valence electrons. The van der Waals surface area contributed by atoms with Gasteiger partial charge in [-0.05, 0) is 49.4 Å². The van der Waals surface area contributed by atoms with Crippen LogP contribution in [0.1, 0.15) is 17.3 Å². The van der Waals surface area contributed by atoms with E-state index in [4.69, 9.17) is 16.3 Å². The summed E-state index contributed by atoms with van der Waals surface area (Å²) in [6, 6.07) is 12.5. The molecule has 2 N–H and O–H groups in total. The fourth-order valence-corrected chi connectivity index (χ4v) is 2.04. The van der Waals surface area contributed by atoms with Gasteiger partial charge in [-0.2, -0.15) is 0 Å². The topological polar surface area (TPSA) is 84.5 Å².